The first-order chi connectivity index (χ1) is 9.50. The van der Waals surface area contributed by atoms with Crippen LogP contribution in [-0.4, -0.2) is 15.0 Å². The van der Waals surface area contributed by atoms with Crippen molar-refractivity contribution in [1.29, 1.82) is 0 Å². The molecule has 0 radical (unpaired) electrons. The number of aryl methyl sites for hydroxylation is 2. The van der Waals surface area contributed by atoms with Crippen LogP contribution in [0.4, 0.5) is 5.69 Å². The van der Waals surface area contributed by atoms with E-state index < -0.39 is 10.0 Å². The second-order valence-electron chi connectivity index (χ2n) is 5.22. The van der Waals surface area contributed by atoms with Gasteiger partial charge in [-0.25, -0.2) is 8.42 Å². The number of para-hydroxylation sites is 1. The monoisotopic (exact) mass is 287 g/mol. The zero-order valence-electron chi connectivity index (χ0n) is 11.6. The predicted octanol–water partition coefficient (Wildman–Crippen LogP) is 3.05. The molecule has 0 saturated carbocycles. The number of nitrogens with zero attached hydrogens (tertiary/aromatic N) is 1. The lowest BCUT2D eigenvalue weighted by molar-refractivity contribution is 0.592. The van der Waals surface area contributed by atoms with Gasteiger partial charge in [0.05, 0.1) is 10.6 Å². The Labute approximate surface area is 119 Å². The molecule has 1 heterocycles. The summed E-state index contributed by atoms with van der Waals surface area (Å²) in [7, 11) is -3.46. The number of sulfonamides is 1. The molecule has 0 aromatic heterocycles. The van der Waals surface area contributed by atoms with E-state index in [9.17, 15) is 8.42 Å². The first-order valence-electron chi connectivity index (χ1n) is 6.68. The molecule has 0 unspecified atom stereocenters. The predicted molar refractivity (Wildman–Crippen MR) is 80.6 cm³/mol. The van der Waals surface area contributed by atoms with Crippen LogP contribution in [0.3, 0.4) is 0 Å². The number of rotatable bonds is 2. The number of benzene rings is 2. The third kappa shape index (κ3) is 2.00. The van der Waals surface area contributed by atoms with Crippen molar-refractivity contribution >= 4 is 15.7 Å². The Morgan fingerprint density at radius 3 is 2.40 bits per heavy atom. The van der Waals surface area contributed by atoms with Crippen molar-refractivity contribution in [3.8, 4) is 0 Å². The lowest BCUT2D eigenvalue weighted by Gasteiger charge is -2.21. The van der Waals surface area contributed by atoms with Crippen LogP contribution >= 0.6 is 0 Å². The molecule has 4 heteroatoms. The molecule has 0 aliphatic carbocycles. The normalized spacial score (nSPS) is 14.4. The minimum absolute atomic E-state index is 0.360. The summed E-state index contributed by atoms with van der Waals surface area (Å²) < 4.78 is 27.1. The standard InChI is InChI=1S/C16H17NO2S/c1-12-6-8-15(9-7-12)20(18,19)17-11-10-14-5-3-4-13(2)16(14)17/h3-9H,10-11H2,1-2H3. The molecule has 0 N–H and O–H groups in total. The van der Waals surface area contributed by atoms with Crippen LogP contribution in [0.15, 0.2) is 47.4 Å². The fourth-order valence-electron chi connectivity index (χ4n) is 2.69. The van der Waals surface area contributed by atoms with Gasteiger partial charge in [0, 0.05) is 6.54 Å². The summed E-state index contributed by atoms with van der Waals surface area (Å²) in [6, 6.07) is 13.0. The van der Waals surface area contributed by atoms with Gasteiger partial charge in [-0.05, 0) is 43.5 Å². The van der Waals surface area contributed by atoms with E-state index in [0.29, 0.717) is 11.4 Å². The van der Waals surface area contributed by atoms with E-state index in [4.69, 9.17) is 0 Å². The molecule has 0 atom stereocenters. The molecule has 1 aliphatic rings. The van der Waals surface area contributed by atoms with E-state index in [1.165, 1.54) is 0 Å². The second-order valence-corrected chi connectivity index (χ2v) is 7.09. The first kappa shape index (κ1) is 13.2. The summed E-state index contributed by atoms with van der Waals surface area (Å²) >= 11 is 0. The van der Waals surface area contributed by atoms with Crippen LogP contribution in [0.5, 0.6) is 0 Å². The van der Waals surface area contributed by atoms with E-state index in [-0.39, 0.29) is 0 Å². The largest absolute Gasteiger partial charge is 0.265 e. The van der Waals surface area contributed by atoms with Crippen molar-refractivity contribution in [2.24, 2.45) is 0 Å². The van der Waals surface area contributed by atoms with E-state index >= 15 is 0 Å². The van der Waals surface area contributed by atoms with Crippen LogP contribution in [0.25, 0.3) is 0 Å². The van der Waals surface area contributed by atoms with Crippen molar-refractivity contribution in [1.82, 2.24) is 0 Å². The highest BCUT2D eigenvalue weighted by Crippen LogP contribution is 2.35. The zero-order valence-corrected chi connectivity index (χ0v) is 12.4. The molecule has 0 bridgehead atoms. The molecule has 1 aliphatic heterocycles. The van der Waals surface area contributed by atoms with E-state index in [2.05, 4.69) is 0 Å². The minimum Gasteiger partial charge on any atom is -0.265 e. The smallest absolute Gasteiger partial charge is 0.264 e. The van der Waals surface area contributed by atoms with Crippen LogP contribution in [0.2, 0.25) is 0 Å². The highest BCUT2D eigenvalue weighted by Gasteiger charge is 2.31. The molecule has 0 spiro atoms. The topological polar surface area (TPSA) is 37.4 Å². The average molecular weight is 287 g/mol. The highest BCUT2D eigenvalue weighted by atomic mass is 32.2. The van der Waals surface area contributed by atoms with Gasteiger partial charge in [0.25, 0.3) is 10.0 Å². The summed E-state index contributed by atoms with van der Waals surface area (Å²) in [4.78, 5) is 0.360. The Balaban J connectivity index is 2.09. The zero-order chi connectivity index (χ0) is 14.3. The van der Waals surface area contributed by atoms with E-state index in [1.54, 1.807) is 16.4 Å². The Bertz CT molecular complexity index is 749. The summed E-state index contributed by atoms with van der Waals surface area (Å²) in [5.41, 5.74) is 4.03. The van der Waals surface area contributed by atoms with Crippen molar-refractivity contribution in [2.75, 3.05) is 10.8 Å². The quantitative estimate of drug-likeness (QED) is 0.851. The highest BCUT2D eigenvalue weighted by molar-refractivity contribution is 7.92. The van der Waals surface area contributed by atoms with Crippen molar-refractivity contribution in [3.05, 3.63) is 59.2 Å². The fraction of sp³-hybridized carbons (Fsp3) is 0.250. The van der Waals surface area contributed by atoms with Crippen LogP contribution < -0.4 is 4.31 Å². The molecule has 3 nitrogen and oxygen atoms in total. The van der Waals surface area contributed by atoms with Gasteiger partial charge in [-0.15, -0.1) is 0 Å². The summed E-state index contributed by atoms with van der Waals surface area (Å²) in [6.07, 6.45) is 0.780. The van der Waals surface area contributed by atoms with Crippen LogP contribution in [0.1, 0.15) is 16.7 Å². The van der Waals surface area contributed by atoms with Crippen LogP contribution in [-0.2, 0) is 16.4 Å². The molecule has 2 aromatic rings. The Morgan fingerprint density at radius 2 is 1.70 bits per heavy atom. The van der Waals surface area contributed by atoms with E-state index in [0.717, 1.165) is 28.8 Å². The minimum atomic E-state index is -3.46. The molecular formula is C16H17NO2S. The fourth-order valence-corrected chi connectivity index (χ4v) is 4.26. The van der Waals surface area contributed by atoms with Gasteiger partial charge in [-0.3, -0.25) is 4.31 Å². The second kappa shape index (κ2) is 4.63. The third-order valence-electron chi connectivity index (χ3n) is 3.76. The molecule has 20 heavy (non-hydrogen) atoms. The molecule has 0 fully saturated rings. The Morgan fingerprint density at radius 1 is 1.00 bits per heavy atom. The number of hydrogen-bond acceptors (Lipinski definition) is 2. The summed E-state index contributed by atoms with van der Waals surface area (Å²) in [6.45, 7) is 4.43. The lowest BCUT2D eigenvalue weighted by atomic mass is 10.1. The maximum Gasteiger partial charge on any atom is 0.264 e. The molecule has 104 valence electrons. The number of hydrogen-bond donors (Lipinski definition) is 0. The van der Waals surface area contributed by atoms with Crippen molar-refractivity contribution in [2.45, 2.75) is 25.2 Å². The first-order valence-corrected chi connectivity index (χ1v) is 8.12. The molecule has 2 aromatic carbocycles. The Kier molecular flexibility index (Phi) is 3.05. The molecule has 3 rings (SSSR count). The SMILES string of the molecule is Cc1ccc(S(=O)(=O)N2CCc3cccc(C)c32)cc1. The van der Waals surface area contributed by atoms with Crippen LogP contribution in [0, 0.1) is 13.8 Å². The summed E-state index contributed by atoms with van der Waals surface area (Å²) in [5.74, 6) is 0. The summed E-state index contributed by atoms with van der Waals surface area (Å²) in [5, 5.41) is 0. The van der Waals surface area contributed by atoms with E-state index in [1.807, 2.05) is 44.2 Å². The number of fused-ring (bicyclic) bond motifs is 1. The van der Waals surface area contributed by atoms with Gasteiger partial charge in [0.1, 0.15) is 0 Å². The Hall–Kier alpha value is -1.81. The maximum atomic E-state index is 12.8. The van der Waals surface area contributed by atoms with Gasteiger partial charge in [-0.1, -0.05) is 35.9 Å². The van der Waals surface area contributed by atoms with Gasteiger partial charge < -0.3 is 0 Å². The van der Waals surface area contributed by atoms with Gasteiger partial charge in [-0.2, -0.15) is 0 Å². The van der Waals surface area contributed by atoms with Gasteiger partial charge in [0.2, 0.25) is 0 Å². The van der Waals surface area contributed by atoms with Crippen molar-refractivity contribution < 1.29 is 8.42 Å². The van der Waals surface area contributed by atoms with Gasteiger partial charge in [0.15, 0.2) is 0 Å². The molecule has 0 amide bonds. The number of anilines is 1. The van der Waals surface area contributed by atoms with Gasteiger partial charge >= 0.3 is 0 Å². The molecular weight excluding hydrogens is 270 g/mol. The maximum absolute atomic E-state index is 12.8. The van der Waals surface area contributed by atoms with Crippen molar-refractivity contribution in [3.63, 3.8) is 0 Å². The molecule has 0 saturated heterocycles. The third-order valence-corrected chi connectivity index (χ3v) is 5.58. The average Bonchev–Trinajstić information content (AvgIpc) is 2.85. The lowest BCUT2D eigenvalue weighted by Crippen LogP contribution is -2.29.